The maximum Gasteiger partial charge on any atom is 0.250 e. The van der Waals surface area contributed by atoms with Crippen molar-refractivity contribution in [1.29, 1.82) is 0 Å². The minimum absolute atomic E-state index is 0.0159. The Morgan fingerprint density at radius 3 is 2.48 bits per heavy atom. The Morgan fingerprint density at radius 1 is 1.06 bits per heavy atom. The minimum Gasteiger partial charge on any atom is -0.507 e. The van der Waals surface area contributed by atoms with Gasteiger partial charge in [-0.2, -0.15) is 0 Å². The number of piperidine rings is 2. The van der Waals surface area contributed by atoms with E-state index in [1.807, 2.05) is 7.05 Å². The number of methoxy groups -OCH3 is 1. The van der Waals surface area contributed by atoms with E-state index in [0.717, 1.165) is 18.7 Å². The largest absolute Gasteiger partial charge is 0.507 e. The van der Waals surface area contributed by atoms with Crippen LogP contribution in [0.3, 0.4) is 0 Å². The molecule has 0 amide bonds. The normalized spacial score (nSPS) is 22.1. The van der Waals surface area contributed by atoms with Gasteiger partial charge in [-0.05, 0) is 49.4 Å². The first-order chi connectivity index (χ1) is 16.0. The van der Waals surface area contributed by atoms with Crippen molar-refractivity contribution in [3.8, 4) is 34.1 Å². The highest BCUT2D eigenvalue weighted by Crippen LogP contribution is 2.33. The summed E-state index contributed by atoms with van der Waals surface area (Å²) < 4.78 is 18.9. The minimum atomic E-state index is -0.566. The first-order valence-electron chi connectivity index (χ1n) is 11.2. The number of benzene rings is 1. The van der Waals surface area contributed by atoms with Gasteiger partial charge in [0.2, 0.25) is 5.88 Å². The van der Waals surface area contributed by atoms with Gasteiger partial charge in [-0.15, -0.1) is 10.2 Å². The van der Waals surface area contributed by atoms with Crippen LogP contribution in [0, 0.1) is 5.82 Å². The number of hydrogen-bond donors (Lipinski definition) is 2. The topological polar surface area (TPSA) is 96.3 Å². The molecule has 0 unspecified atom stereocenters. The second-order valence-corrected chi connectivity index (χ2v) is 8.81. The van der Waals surface area contributed by atoms with E-state index in [2.05, 4.69) is 30.4 Å². The van der Waals surface area contributed by atoms with E-state index in [4.69, 9.17) is 4.74 Å². The maximum absolute atomic E-state index is 14.0. The average molecular weight is 451 g/mol. The molecule has 2 N–H and O–H groups in total. The number of pyridine rings is 1. The van der Waals surface area contributed by atoms with Crippen LogP contribution in [0.2, 0.25) is 0 Å². The zero-order chi connectivity index (χ0) is 22.9. The number of phenols is 1. The van der Waals surface area contributed by atoms with E-state index in [-0.39, 0.29) is 11.6 Å². The summed E-state index contributed by atoms with van der Waals surface area (Å²) in [6, 6.07) is 7.88. The lowest BCUT2D eigenvalue weighted by Gasteiger charge is -2.43. The number of nitrogens with zero attached hydrogens (tertiary/aromatic N) is 5. The summed E-state index contributed by atoms with van der Waals surface area (Å²) in [5.74, 6) is 0.398. The Bertz CT molecular complexity index is 1130. The van der Waals surface area contributed by atoms with Crippen molar-refractivity contribution in [2.45, 2.75) is 50.2 Å². The summed E-state index contributed by atoms with van der Waals surface area (Å²) in [6.45, 7) is 0. The number of halogens is 1. The Morgan fingerprint density at radius 2 is 1.85 bits per heavy atom. The third kappa shape index (κ3) is 4.32. The first-order valence-corrected chi connectivity index (χ1v) is 11.2. The van der Waals surface area contributed by atoms with Crippen LogP contribution in [0.1, 0.15) is 32.1 Å². The molecule has 4 heterocycles. The van der Waals surface area contributed by atoms with Gasteiger partial charge >= 0.3 is 0 Å². The predicted molar refractivity (Wildman–Crippen MR) is 123 cm³/mol. The molecule has 2 aliphatic heterocycles. The number of aromatic nitrogens is 4. The van der Waals surface area contributed by atoms with Crippen molar-refractivity contribution < 1.29 is 14.2 Å². The molecule has 2 aromatic heterocycles. The van der Waals surface area contributed by atoms with Crippen LogP contribution in [0.25, 0.3) is 22.5 Å². The Labute approximate surface area is 191 Å². The molecule has 8 nitrogen and oxygen atoms in total. The second-order valence-electron chi connectivity index (χ2n) is 8.81. The molecule has 172 valence electrons. The molecule has 0 aliphatic carbocycles. The number of rotatable bonds is 5. The molecule has 3 aromatic rings. The summed E-state index contributed by atoms with van der Waals surface area (Å²) in [7, 11) is 3.41. The number of hydrogen-bond acceptors (Lipinski definition) is 8. The predicted octanol–water partition coefficient (Wildman–Crippen LogP) is 3.56. The smallest absolute Gasteiger partial charge is 0.250 e. The average Bonchev–Trinajstić information content (AvgIpc) is 2.83. The van der Waals surface area contributed by atoms with Crippen molar-refractivity contribution >= 4 is 5.82 Å². The van der Waals surface area contributed by atoms with E-state index in [0.29, 0.717) is 40.6 Å². The zero-order valence-electron chi connectivity index (χ0n) is 18.7. The Balaban J connectivity index is 1.33. The third-order valence-corrected chi connectivity index (χ3v) is 6.72. The highest BCUT2D eigenvalue weighted by atomic mass is 19.1. The second kappa shape index (κ2) is 8.90. The van der Waals surface area contributed by atoms with Gasteiger partial charge in [-0.3, -0.25) is 0 Å². The number of phenolic OH excluding ortho intramolecular Hbond substituents is 1. The fraction of sp³-hybridized carbons (Fsp3) is 0.417. The molecule has 2 bridgehead atoms. The molecule has 9 heteroatoms. The van der Waals surface area contributed by atoms with Crippen LogP contribution < -0.4 is 15.0 Å². The molecule has 2 saturated heterocycles. The molecular formula is C24H27FN6O2. The van der Waals surface area contributed by atoms with Crippen molar-refractivity contribution in [1.82, 2.24) is 25.5 Å². The number of aromatic hydroxyl groups is 1. The molecule has 2 fully saturated rings. The molecule has 0 radical (unpaired) electrons. The molecule has 0 spiro atoms. The van der Waals surface area contributed by atoms with Crippen LogP contribution >= 0.6 is 0 Å². The standard InChI is InChI=1S/C24H27FN6O2/c1-31(18-10-16-4-3-5-17(11-18)28-16)22-13-26-23(30-29-22)19-7-6-14(9-21(19)32)15-8-20(25)24(33-2)27-12-15/h6-9,12-13,16-18,28,32H,3-5,10-11H2,1-2H3/t16-,17+,18-. The third-order valence-electron chi connectivity index (χ3n) is 6.72. The fourth-order valence-electron chi connectivity index (χ4n) is 4.93. The van der Waals surface area contributed by atoms with Crippen molar-refractivity contribution in [3.05, 3.63) is 42.5 Å². The van der Waals surface area contributed by atoms with E-state index in [9.17, 15) is 9.50 Å². The Kier molecular flexibility index (Phi) is 5.80. The van der Waals surface area contributed by atoms with Crippen molar-refractivity contribution in [2.75, 3.05) is 19.1 Å². The van der Waals surface area contributed by atoms with Crippen LogP contribution in [-0.4, -0.2) is 57.6 Å². The van der Waals surface area contributed by atoms with E-state index in [1.165, 1.54) is 44.7 Å². The van der Waals surface area contributed by atoms with Gasteiger partial charge in [0.15, 0.2) is 17.5 Å². The van der Waals surface area contributed by atoms with E-state index in [1.54, 1.807) is 18.3 Å². The monoisotopic (exact) mass is 450 g/mol. The van der Waals surface area contributed by atoms with Gasteiger partial charge in [0.25, 0.3) is 0 Å². The van der Waals surface area contributed by atoms with Crippen molar-refractivity contribution in [3.63, 3.8) is 0 Å². The number of nitrogens with one attached hydrogen (secondary N) is 1. The molecule has 2 aliphatic rings. The van der Waals surface area contributed by atoms with Gasteiger partial charge in [0.05, 0.1) is 18.9 Å². The lowest BCUT2D eigenvalue weighted by Crippen LogP contribution is -2.54. The van der Waals surface area contributed by atoms with E-state index < -0.39 is 5.82 Å². The first kappa shape index (κ1) is 21.5. The molecule has 33 heavy (non-hydrogen) atoms. The van der Waals surface area contributed by atoms with E-state index >= 15 is 0 Å². The van der Waals surface area contributed by atoms with Crippen LogP contribution in [-0.2, 0) is 0 Å². The van der Waals surface area contributed by atoms with Gasteiger partial charge in [-0.25, -0.2) is 14.4 Å². The highest BCUT2D eigenvalue weighted by molar-refractivity contribution is 5.72. The van der Waals surface area contributed by atoms with Crippen molar-refractivity contribution in [2.24, 2.45) is 0 Å². The fourth-order valence-corrected chi connectivity index (χ4v) is 4.93. The van der Waals surface area contributed by atoms with Crippen LogP contribution in [0.5, 0.6) is 11.6 Å². The number of fused-ring (bicyclic) bond motifs is 2. The quantitative estimate of drug-likeness (QED) is 0.609. The summed E-state index contributed by atoms with van der Waals surface area (Å²) >= 11 is 0. The SMILES string of the molecule is COc1ncc(-c2ccc(-c3ncc(N(C)[C@@H]4C[C@H]5CCC[C@@H](C4)N5)nn3)c(O)c2)cc1F. The van der Waals surface area contributed by atoms with Crippen LogP contribution in [0.15, 0.2) is 36.7 Å². The molecule has 3 atom stereocenters. The van der Waals surface area contributed by atoms with Gasteiger partial charge < -0.3 is 20.1 Å². The molecule has 1 aromatic carbocycles. The lowest BCUT2D eigenvalue weighted by atomic mass is 9.83. The summed E-state index contributed by atoms with van der Waals surface area (Å²) in [5, 5.41) is 23.0. The van der Waals surface area contributed by atoms with Gasteiger partial charge in [-0.1, -0.05) is 12.5 Å². The molecular weight excluding hydrogens is 423 g/mol. The summed E-state index contributed by atoms with van der Waals surface area (Å²) in [4.78, 5) is 10.6. The summed E-state index contributed by atoms with van der Waals surface area (Å²) in [5.41, 5.74) is 1.60. The summed E-state index contributed by atoms with van der Waals surface area (Å²) in [6.07, 6.45) is 9.17. The number of anilines is 1. The maximum atomic E-state index is 14.0. The molecule has 0 saturated carbocycles. The van der Waals surface area contributed by atoms with Gasteiger partial charge in [0, 0.05) is 36.9 Å². The molecule has 5 rings (SSSR count). The Hall–Kier alpha value is -3.33. The van der Waals surface area contributed by atoms with Crippen LogP contribution in [0.4, 0.5) is 10.2 Å². The zero-order valence-corrected chi connectivity index (χ0v) is 18.7. The number of ether oxygens (including phenoxy) is 1. The lowest BCUT2D eigenvalue weighted by molar-refractivity contribution is 0.219. The van der Waals surface area contributed by atoms with Gasteiger partial charge in [0.1, 0.15) is 5.75 Å². The highest BCUT2D eigenvalue weighted by Gasteiger charge is 2.33.